The summed E-state index contributed by atoms with van der Waals surface area (Å²) in [4.78, 5) is 0. The van der Waals surface area contributed by atoms with E-state index in [0.717, 1.165) is 17.8 Å². The number of nitrogens with one attached hydrogen (secondary N) is 2. The van der Waals surface area contributed by atoms with Crippen molar-refractivity contribution in [1.82, 2.24) is 5.32 Å². The Bertz CT molecular complexity index is 679. The second-order valence-electron chi connectivity index (χ2n) is 4.73. The number of anilines is 1. The minimum absolute atomic E-state index is 0.263. The van der Waals surface area contributed by atoms with E-state index in [-0.39, 0.29) is 6.04 Å². The van der Waals surface area contributed by atoms with Crippen molar-refractivity contribution in [3.05, 3.63) is 59.7 Å². The molecule has 2 N–H and O–H groups in total. The second kappa shape index (κ2) is 7.17. The van der Waals surface area contributed by atoms with E-state index in [1.54, 1.807) is 13.2 Å². The Hall–Kier alpha value is -2.21. The molecule has 1 atom stereocenters. The fourth-order valence-corrected chi connectivity index (χ4v) is 2.22. The van der Waals surface area contributed by atoms with Crippen LogP contribution in [0.2, 0.25) is 0 Å². The van der Waals surface area contributed by atoms with Crippen LogP contribution >= 0.6 is 12.2 Å². The van der Waals surface area contributed by atoms with Gasteiger partial charge in [-0.2, -0.15) is 0 Å². The van der Waals surface area contributed by atoms with Crippen LogP contribution < -0.4 is 15.4 Å². The van der Waals surface area contributed by atoms with Gasteiger partial charge >= 0.3 is 0 Å². The maximum absolute atomic E-state index is 13.2. The van der Waals surface area contributed by atoms with E-state index in [4.69, 9.17) is 17.0 Å². The van der Waals surface area contributed by atoms with Crippen LogP contribution in [0.4, 0.5) is 14.5 Å². The zero-order valence-electron chi connectivity index (χ0n) is 12.2. The Kier molecular flexibility index (Phi) is 5.27. The maximum Gasteiger partial charge on any atom is 0.171 e. The molecule has 2 aromatic carbocycles. The average molecular weight is 322 g/mol. The monoisotopic (exact) mass is 322 g/mol. The molecule has 0 saturated heterocycles. The lowest BCUT2D eigenvalue weighted by Crippen LogP contribution is -2.30. The van der Waals surface area contributed by atoms with Gasteiger partial charge in [0.15, 0.2) is 16.7 Å². The Morgan fingerprint density at radius 3 is 2.59 bits per heavy atom. The molecule has 0 aliphatic heterocycles. The van der Waals surface area contributed by atoms with Gasteiger partial charge in [0.25, 0.3) is 0 Å². The average Bonchev–Trinajstić information content (AvgIpc) is 2.50. The largest absolute Gasteiger partial charge is 0.497 e. The molecule has 0 bridgehead atoms. The maximum atomic E-state index is 13.2. The van der Waals surface area contributed by atoms with E-state index in [2.05, 4.69) is 10.6 Å². The van der Waals surface area contributed by atoms with Crippen molar-refractivity contribution in [2.45, 2.75) is 13.0 Å². The highest BCUT2D eigenvalue weighted by molar-refractivity contribution is 7.80. The molecular weight excluding hydrogens is 306 g/mol. The zero-order chi connectivity index (χ0) is 16.1. The Labute approximate surface area is 133 Å². The molecule has 0 saturated carbocycles. The fraction of sp³-hybridized carbons (Fsp3) is 0.188. The zero-order valence-corrected chi connectivity index (χ0v) is 13.0. The number of methoxy groups -OCH3 is 1. The molecule has 116 valence electrons. The summed E-state index contributed by atoms with van der Waals surface area (Å²) in [6.07, 6.45) is 0. The van der Waals surface area contributed by atoms with Crippen LogP contribution in [0.25, 0.3) is 0 Å². The molecule has 2 rings (SSSR count). The van der Waals surface area contributed by atoms with Crippen LogP contribution in [0.5, 0.6) is 5.75 Å². The van der Waals surface area contributed by atoms with E-state index in [0.29, 0.717) is 16.4 Å². The first-order valence-electron chi connectivity index (χ1n) is 6.66. The van der Waals surface area contributed by atoms with E-state index in [1.165, 1.54) is 6.07 Å². The van der Waals surface area contributed by atoms with Gasteiger partial charge in [-0.25, -0.2) is 8.78 Å². The topological polar surface area (TPSA) is 33.3 Å². The minimum atomic E-state index is -0.877. The Morgan fingerprint density at radius 2 is 1.91 bits per heavy atom. The summed E-state index contributed by atoms with van der Waals surface area (Å²) >= 11 is 5.22. The number of rotatable bonds is 4. The smallest absolute Gasteiger partial charge is 0.171 e. The molecule has 6 heteroatoms. The van der Waals surface area contributed by atoms with E-state index in [1.807, 2.05) is 25.1 Å². The normalized spacial score (nSPS) is 11.6. The van der Waals surface area contributed by atoms with Crippen LogP contribution in [0, 0.1) is 11.6 Å². The molecule has 0 aliphatic carbocycles. The molecule has 0 heterocycles. The molecule has 3 nitrogen and oxygen atoms in total. The summed E-state index contributed by atoms with van der Waals surface area (Å²) in [5, 5.41) is 6.42. The van der Waals surface area contributed by atoms with Crippen LogP contribution in [0.3, 0.4) is 0 Å². The van der Waals surface area contributed by atoms with Gasteiger partial charge in [0.2, 0.25) is 0 Å². The summed E-state index contributed by atoms with van der Waals surface area (Å²) in [7, 11) is 1.58. The summed E-state index contributed by atoms with van der Waals surface area (Å²) in [6, 6.07) is 10.8. The second-order valence-corrected chi connectivity index (χ2v) is 5.13. The molecule has 0 spiro atoms. The lowest BCUT2D eigenvalue weighted by atomic mass is 10.1. The summed E-state index contributed by atoms with van der Waals surface area (Å²) in [6.45, 7) is 1.81. The third-order valence-corrected chi connectivity index (χ3v) is 3.34. The van der Waals surface area contributed by atoms with Crippen molar-refractivity contribution < 1.29 is 13.5 Å². The highest BCUT2D eigenvalue weighted by atomic mass is 32.1. The van der Waals surface area contributed by atoms with Gasteiger partial charge < -0.3 is 15.4 Å². The van der Waals surface area contributed by atoms with Crippen LogP contribution in [0.15, 0.2) is 42.5 Å². The molecule has 22 heavy (non-hydrogen) atoms. The molecule has 0 amide bonds. The van der Waals surface area contributed by atoms with Gasteiger partial charge in [-0.05, 0) is 49.0 Å². The van der Waals surface area contributed by atoms with E-state index < -0.39 is 11.6 Å². The third-order valence-electron chi connectivity index (χ3n) is 3.12. The van der Waals surface area contributed by atoms with Crippen LogP contribution in [-0.2, 0) is 0 Å². The van der Waals surface area contributed by atoms with Crippen molar-refractivity contribution in [1.29, 1.82) is 0 Å². The quantitative estimate of drug-likeness (QED) is 0.833. The predicted molar refractivity (Wildman–Crippen MR) is 87.1 cm³/mol. The van der Waals surface area contributed by atoms with Crippen LogP contribution in [0.1, 0.15) is 18.5 Å². The van der Waals surface area contributed by atoms with E-state index in [9.17, 15) is 8.78 Å². The summed E-state index contributed by atoms with van der Waals surface area (Å²) < 4.78 is 31.3. The van der Waals surface area contributed by atoms with E-state index >= 15 is 0 Å². The standard InChI is InChI=1S/C16H16F2N2OS/c1-10(11-6-7-14(17)15(18)8-11)19-16(22)20-12-4-3-5-13(9-12)21-2/h3-10H,1-2H3,(H2,19,20,22)/t10-/m0/s1. The number of thiocarbonyl (C=S) groups is 1. The van der Waals surface area contributed by atoms with Crippen LogP contribution in [-0.4, -0.2) is 12.2 Å². The van der Waals surface area contributed by atoms with Crippen molar-refractivity contribution in [3.63, 3.8) is 0 Å². The van der Waals surface area contributed by atoms with Gasteiger partial charge in [0.1, 0.15) is 5.75 Å². The first-order chi connectivity index (χ1) is 10.5. The van der Waals surface area contributed by atoms with Gasteiger partial charge in [0.05, 0.1) is 13.2 Å². The molecule has 0 fully saturated rings. The van der Waals surface area contributed by atoms with Crippen molar-refractivity contribution in [3.8, 4) is 5.75 Å². The summed E-state index contributed by atoms with van der Waals surface area (Å²) in [5.41, 5.74) is 1.38. The third kappa shape index (κ3) is 4.14. The lowest BCUT2D eigenvalue weighted by molar-refractivity contribution is 0.415. The molecule has 0 aliphatic rings. The van der Waals surface area contributed by atoms with Gasteiger partial charge in [0, 0.05) is 11.8 Å². The van der Waals surface area contributed by atoms with Crippen molar-refractivity contribution in [2.75, 3.05) is 12.4 Å². The minimum Gasteiger partial charge on any atom is -0.497 e. The SMILES string of the molecule is COc1cccc(NC(=S)N[C@@H](C)c2ccc(F)c(F)c2)c1. The molecular formula is C16H16F2N2OS. The first kappa shape index (κ1) is 16.2. The van der Waals surface area contributed by atoms with Gasteiger partial charge in [-0.15, -0.1) is 0 Å². The van der Waals surface area contributed by atoms with Crippen molar-refractivity contribution in [2.24, 2.45) is 0 Å². The van der Waals surface area contributed by atoms with Gasteiger partial charge in [-0.3, -0.25) is 0 Å². The Morgan fingerprint density at radius 1 is 1.14 bits per heavy atom. The first-order valence-corrected chi connectivity index (χ1v) is 7.07. The summed E-state index contributed by atoms with van der Waals surface area (Å²) in [5.74, 6) is -1.03. The number of hydrogen-bond acceptors (Lipinski definition) is 2. The molecule has 2 aromatic rings. The highest BCUT2D eigenvalue weighted by Gasteiger charge is 2.10. The number of ether oxygens (including phenoxy) is 1. The van der Waals surface area contributed by atoms with Crippen molar-refractivity contribution >= 4 is 23.0 Å². The fourth-order valence-electron chi connectivity index (χ4n) is 1.93. The number of benzene rings is 2. The Balaban J connectivity index is 2.00. The highest BCUT2D eigenvalue weighted by Crippen LogP contribution is 2.18. The lowest BCUT2D eigenvalue weighted by Gasteiger charge is -2.17. The molecule has 0 unspecified atom stereocenters. The molecule has 0 radical (unpaired) electrons. The number of halogens is 2. The number of hydrogen-bond donors (Lipinski definition) is 2. The predicted octanol–water partition coefficient (Wildman–Crippen LogP) is 4.02. The molecule has 0 aromatic heterocycles. The van der Waals surface area contributed by atoms with Gasteiger partial charge in [-0.1, -0.05) is 12.1 Å².